The van der Waals surface area contributed by atoms with Crippen molar-refractivity contribution in [2.24, 2.45) is 0 Å². The van der Waals surface area contributed by atoms with Gasteiger partial charge in [-0.1, -0.05) is 18.2 Å². The van der Waals surface area contributed by atoms with E-state index in [1.165, 1.54) is 16.8 Å². The van der Waals surface area contributed by atoms with Gasteiger partial charge in [-0.05, 0) is 12.1 Å². The van der Waals surface area contributed by atoms with E-state index in [2.05, 4.69) is 4.98 Å². The Labute approximate surface area is 135 Å². The molecule has 1 N–H and O–H groups in total. The zero-order valence-electron chi connectivity index (χ0n) is 12.5. The quantitative estimate of drug-likeness (QED) is 0.628. The lowest BCUT2D eigenvalue weighted by molar-refractivity contribution is -0.0887. The van der Waals surface area contributed by atoms with Crippen molar-refractivity contribution in [3.8, 4) is 0 Å². The lowest BCUT2D eigenvalue weighted by Gasteiger charge is -2.18. The molecule has 0 radical (unpaired) electrons. The molecule has 4 rings (SSSR count). The van der Waals surface area contributed by atoms with Crippen LogP contribution in [0.5, 0.6) is 0 Å². The minimum absolute atomic E-state index is 0.0312. The summed E-state index contributed by atoms with van der Waals surface area (Å²) >= 11 is 0. The van der Waals surface area contributed by atoms with Gasteiger partial charge in [0.2, 0.25) is 0 Å². The van der Waals surface area contributed by atoms with Crippen LogP contribution in [0.25, 0.3) is 0 Å². The molecule has 0 bridgehead atoms. The van der Waals surface area contributed by atoms with Gasteiger partial charge in [0.1, 0.15) is 24.9 Å². The number of H-pyrrole nitrogens is 1. The van der Waals surface area contributed by atoms with Gasteiger partial charge in [-0.3, -0.25) is 14.3 Å². The van der Waals surface area contributed by atoms with Gasteiger partial charge in [0.05, 0.1) is 5.56 Å². The maximum Gasteiger partial charge on any atom is 0.338 e. The molecule has 3 heterocycles. The Morgan fingerprint density at radius 3 is 2.67 bits per heavy atom. The predicted molar refractivity (Wildman–Crippen MR) is 80.6 cm³/mol. The van der Waals surface area contributed by atoms with E-state index in [1.54, 1.807) is 24.3 Å². The van der Waals surface area contributed by atoms with Crippen LogP contribution >= 0.6 is 0 Å². The second-order valence-corrected chi connectivity index (χ2v) is 5.61. The van der Waals surface area contributed by atoms with Crippen molar-refractivity contribution < 1.29 is 19.0 Å². The molecule has 8 nitrogen and oxygen atoms in total. The molecule has 24 heavy (non-hydrogen) atoms. The zero-order chi connectivity index (χ0) is 16.7. The molecule has 0 aliphatic carbocycles. The van der Waals surface area contributed by atoms with Gasteiger partial charge >= 0.3 is 11.7 Å². The molecule has 2 saturated heterocycles. The van der Waals surface area contributed by atoms with Crippen LogP contribution in [0.2, 0.25) is 0 Å². The van der Waals surface area contributed by atoms with Crippen LogP contribution in [0.4, 0.5) is 0 Å². The number of nitrogens with one attached hydrogen (secondary N) is 1. The largest absolute Gasteiger partial charge is 0.459 e. The minimum atomic E-state index is -0.639. The highest BCUT2D eigenvalue weighted by Crippen LogP contribution is 2.44. The summed E-state index contributed by atoms with van der Waals surface area (Å²) in [6.45, 7) is 0.0312. The third kappa shape index (κ3) is 2.66. The topological polar surface area (TPSA) is 103 Å². The first-order chi connectivity index (χ1) is 11.6. The third-order valence-electron chi connectivity index (χ3n) is 4.04. The fourth-order valence-electron chi connectivity index (χ4n) is 2.80. The Balaban J connectivity index is 1.42. The molecule has 2 fully saturated rings. The number of benzene rings is 1. The fourth-order valence-corrected chi connectivity index (χ4v) is 2.80. The molecule has 1 aromatic carbocycles. The summed E-state index contributed by atoms with van der Waals surface area (Å²) in [6.07, 6.45) is -0.235. The first-order valence-electron chi connectivity index (χ1n) is 7.48. The summed E-state index contributed by atoms with van der Waals surface area (Å²) in [6, 6.07) is 9.88. The number of carbonyl (C=O) groups excluding carboxylic acids is 1. The summed E-state index contributed by atoms with van der Waals surface area (Å²) in [7, 11) is 0. The molecular formula is C16H14N2O6. The van der Waals surface area contributed by atoms with E-state index in [1.807, 2.05) is 6.07 Å². The molecule has 8 heteroatoms. The average molecular weight is 330 g/mol. The molecular weight excluding hydrogens is 316 g/mol. The van der Waals surface area contributed by atoms with E-state index in [0.717, 1.165) is 0 Å². The number of nitrogens with zero attached hydrogens (tertiary/aromatic N) is 1. The molecule has 124 valence electrons. The maximum absolute atomic E-state index is 12.0. The van der Waals surface area contributed by atoms with E-state index in [-0.39, 0.29) is 18.8 Å². The van der Waals surface area contributed by atoms with Crippen LogP contribution in [0.3, 0.4) is 0 Å². The first-order valence-corrected chi connectivity index (χ1v) is 7.48. The van der Waals surface area contributed by atoms with Crippen molar-refractivity contribution in [2.45, 2.75) is 24.5 Å². The fraction of sp³-hybridized carbons (Fsp3) is 0.312. The molecule has 0 spiro atoms. The van der Waals surface area contributed by atoms with Crippen LogP contribution in [0, 0.1) is 0 Å². The second kappa shape index (κ2) is 5.73. The van der Waals surface area contributed by atoms with Crippen molar-refractivity contribution in [1.29, 1.82) is 0 Å². The minimum Gasteiger partial charge on any atom is -0.459 e. The Hall–Kier alpha value is -2.71. The number of esters is 1. The van der Waals surface area contributed by atoms with Gasteiger partial charge in [-0.2, -0.15) is 0 Å². The molecule has 2 aromatic rings. The van der Waals surface area contributed by atoms with Gasteiger partial charge in [0.25, 0.3) is 5.56 Å². The number of aromatic nitrogens is 2. The summed E-state index contributed by atoms with van der Waals surface area (Å²) in [4.78, 5) is 37.1. The van der Waals surface area contributed by atoms with Crippen LogP contribution in [-0.4, -0.2) is 40.4 Å². The second-order valence-electron chi connectivity index (χ2n) is 5.61. The molecule has 0 amide bonds. The molecule has 4 unspecified atom stereocenters. The first kappa shape index (κ1) is 14.9. The van der Waals surface area contributed by atoms with Crippen molar-refractivity contribution in [3.05, 3.63) is 69.0 Å². The molecule has 1 aromatic heterocycles. The van der Waals surface area contributed by atoms with Gasteiger partial charge in [-0.15, -0.1) is 0 Å². The maximum atomic E-state index is 12.0. The number of hydrogen-bond acceptors (Lipinski definition) is 6. The van der Waals surface area contributed by atoms with Crippen LogP contribution < -0.4 is 11.2 Å². The number of aromatic amines is 1. The van der Waals surface area contributed by atoms with Crippen molar-refractivity contribution in [2.75, 3.05) is 6.61 Å². The van der Waals surface area contributed by atoms with Gasteiger partial charge < -0.3 is 14.2 Å². The highest BCUT2D eigenvalue weighted by atomic mass is 16.7. The third-order valence-corrected chi connectivity index (χ3v) is 4.04. The van der Waals surface area contributed by atoms with Gasteiger partial charge in [0.15, 0.2) is 6.23 Å². The number of fused-ring (bicyclic) bond motifs is 1. The SMILES string of the molecule is O=C(OCC1OC(n2ccc(=O)[nH]c2=O)C2OC12)c1ccccc1. The highest BCUT2D eigenvalue weighted by molar-refractivity contribution is 5.89. The summed E-state index contributed by atoms with van der Waals surface area (Å²) in [5.74, 6) is -0.443. The highest BCUT2D eigenvalue weighted by Gasteiger charge is 2.59. The van der Waals surface area contributed by atoms with Crippen molar-refractivity contribution in [3.63, 3.8) is 0 Å². The zero-order valence-corrected chi connectivity index (χ0v) is 12.5. The Morgan fingerprint density at radius 1 is 1.12 bits per heavy atom. The van der Waals surface area contributed by atoms with E-state index in [0.29, 0.717) is 5.56 Å². The Kier molecular flexibility index (Phi) is 3.55. The number of epoxide rings is 1. The normalized spacial score (nSPS) is 27.5. The van der Waals surface area contributed by atoms with Gasteiger partial charge in [0, 0.05) is 12.3 Å². The summed E-state index contributed by atoms with van der Waals surface area (Å²) < 4.78 is 17.8. The number of hydrogen-bond donors (Lipinski definition) is 1. The van der Waals surface area contributed by atoms with E-state index < -0.39 is 29.6 Å². The van der Waals surface area contributed by atoms with E-state index >= 15 is 0 Å². The lowest BCUT2D eigenvalue weighted by atomic mass is 10.2. The van der Waals surface area contributed by atoms with Crippen molar-refractivity contribution >= 4 is 5.97 Å². The predicted octanol–water partition coefficient (Wildman–Crippen LogP) is 0.0584. The summed E-state index contributed by atoms with van der Waals surface area (Å²) in [5.41, 5.74) is -0.586. The van der Waals surface area contributed by atoms with Gasteiger partial charge in [-0.25, -0.2) is 9.59 Å². The molecule has 2 aliphatic heterocycles. The molecule has 0 saturated carbocycles. The lowest BCUT2D eigenvalue weighted by Crippen LogP contribution is -2.34. The summed E-state index contributed by atoms with van der Waals surface area (Å²) in [5, 5.41) is 0. The van der Waals surface area contributed by atoms with Crippen molar-refractivity contribution in [1.82, 2.24) is 9.55 Å². The van der Waals surface area contributed by atoms with Crippen LogP contribution in [0.1, 0.15) is 16.6 Å². The Bertz CT molecular complexity index is 874. The van der Waals surface area contributed by atoms with Crippen LogP contribution in [0.15, 0.2) is 52.2 Å². The van der Waals surface area contributed by atoms with E-state index in [9.17, 15) is 14.4 Å². The smallest absolute Gasteiger partial charge is 0.338 e. The average Bonchev–Trinajstić information content (AvgIpc) is 3.30. The van der Waals surface area contributed by atoms with E-state index in [4.69, 9.17) is 14.2 Å². The monoisotopic (exact) mass is 330 g/mol. The number of ether oxygens (including phenoxy) is 3. The standard InChI is InChI=1S/C16H14N2O6/c19-11-6-7-18(16(21)17-11)14-13-12(24-13)10(23-14)8-22-15(20)9-4-2-1-3-5-9/h1-7,10,12-14H,8H2,(H,17,19,21). The number of carbonyl (C=O) groups is 1. The van der Waals surface area contributed by atoms with Crippen LogP contribution in [-0.2, 0) is 14.2 Å². The Morgan fingerprint density at radius 2 is 1.92 bits per heavy atom. The number of rotatable bonds is 4. The molecule has 2 aliphatic rings. The molecule has 4 atom stereocenters.